The van der Waals surface area contributed by atoms with E-state index in [1.165, 1.54) is 114 Å². The normalized spacial score (nSPS) is 11.7. The van der Waals surface area contributed by atoms with Gasteiger partial charge in [0.05, 0.1) is 5.54 Å². The van der Waals surface area contributed by atoms with E-state index in [2.05, 4.69) is 79.8 Å². The zero-order valence-electron chi connectivity index (χ0n) is 21.8. The maximum Gasteiger partial charge on any atom is 0.0690 e. The van der Waals surface area contributed by atoms with Crippen molar-refractivity contribution in [3.8, 4) is 0 Å². The Kier molecular flexibility index (Phi) is 14.9. The Hall–Kier alpha value is -1.60. The van der Waals surface area contributed by atoms with Gasteiger partial charge in [0.15, 0.2) is 0 Å². The fraction of sp³-hybridized carbons (Fsp3) is 0.625. The minimum atomic E-state index is -0.0763. The standard InChI is InChI=1S/C32H51N/c1-3-5-7-9-11-13-15-23-29-33-32(30-24-18-16-19-25-30,31-26-20-17-21-27-31)28-22-14-12-10-8-6-4-2/h16-21,24-27,33H,3-15,22-23,28-29H2,1-2H3. The Morgan fingerprint density at radius 3 is 1.33 bits per heavy atom. The Morgan fingerprint density at radius 2 is 0.879 bits per heavy atom. The van der Waals surface area contributed by atoms with E-state index < -0.39 is 0 Å². The van der Waals surface area contributed by atoms with Crippen molar-refractivity contribution in [3.63, 3.8) is 0 Å². The second-order valence-electron chi connectivity index (χ2n) is 9.91. The summed E-state index contributed by atoms with van der Waals surface area (Å²) in [5.74, 6) is 0. The van der Waals surface area contributed by atoms with Gasteiger partial charge in [0.25, 0.3) is 0 Å². The van der Waals surface area contributed by atoms with Crippen LogP contribution in [0.15, 0.2) is 60.7 Å². The van der Waals surface area contributed by atoms with E-state index in [4.69, 9.17) is 0 Å². The van der Waals surface area contributed by atoms with Gasteiger partial charge in [-0.15, -0.1) is 0 Å². The molecule has 0 fully saturated rings. The first-order valence-electron chi connectivity index (χ1n) is 14.2. The topological polar surface area (TPSA) is 12.0 Å². The first kappa shape index (κ1) is 27.6. The molecule has 0 saturated heterocycles. The lowest BCUT2D eigenvalue weighted by Crippen LogP contribution is -2.44. The van der Waals surface area contributed by atoms with Gasteiger partial charge in [0.1, 0.15) is 0 Å². The van der Waals surface area contributed by atoms with Crippen LogP contribution in [0.4, 0.5) is 0 Å². The fourth-order valence-corrected chi connectivity index (χ4v) is 5.10. The summed E-state index contributed by atoms with van der Waals surface area (Å²) in [5.41, 5.74) is 2.76. The Balaban J connectivity index is 1.98. The first-order chi connectivity index (χ1) is 16.3. The predicted octanol–water partition coefficient (Wildman–Crippen LogP) is 9.80. The van der Waals surface area contributed by atoms with Gasteiger partial charge >= 0.3 is 0 Å². The SMILES string of the molecule is CCCCCCCCCCNC(CCCCCCCCC)(c1ccccc1)c1ccccc1. The summed E-state index contributed by atoms with van der Waals surface area (Å²) in [5, 5.41) is 4.09. The number of hydrogen-bond donors (Lipinski definition) is 1. The van der Waals surface area contributed by atoms with Crippen LogP contribution in [-0.2, 0) is 5.54 Å². The number of benzene rings is 2. The molecule has 0 spiro atoms. The second kappa shape index (κ2) is 17.8. The third-order valence-corrected chi connectivity index (χ3v) is 7.15. The number of nitrogens with one attached hydrogen (secondary N) is 1. The summed E-state index contributed by atoms with van der Waals surface area (Å²) in [4.78, 5) is 0. The van der Waals surface area contributed by atoms with E-state index in [0.29, 0.717) is 0 Å². The van der Waals surface area contributed by atoms with E-state index in [9.17, 15) is 0 Å². The molecular weight excluding hydrogens is 398 g/mol. The van der Waals surface area contributed by atoms with Gasteiger partial charge in [0, 0.05) is 0 Å². The highest BCUT2D eigenvalue weighted by atomic mass is 15.0. The third-order valence-electron chi connectivity index (χ3n) is 7.15. The highest BCUT2D eigenvalue weighted by Gasteiger charge is 2.32. The van der Waals surface area contributed by atoms with Crippen LogP contribution in [0.1, 0.15) is 128 Å². The van der Waals surface area contributed by atoms with Crippen molar-refractivity contribution >= 4 is 0 Å². The molecule has 0 aromatic heterocycles. The minimum absolute atomic E-state index is 0.0763. The van der Waals surface area contributed by atoms with Crippen LogP contribution in [0.3, 0.4) is 0 Å². The van der Waals surface area contributed by atoms with E-state index in [1.54, 1.807) is 0 Å². The van der Waals surface area contributed by atoms with Crippen molar-refractivity contribution in [3.05, 3.63) is 71.8 Å². The molecule has 0 aliphatic rings. The monoisotopic (exact) mass is 449 g/mol. The van der Waals surface area contributed by atoms with E-state index in [1.807, 2.05) is 0 Å². The summed E-state index contributed by atoms with van der Waals surface area (Å²) in [6.07, 6.45) is 21.6. The lowest BCUT2D eigenvalue weighted by molar-refractivity contribution is 0.350. The summed E-state index contributed by atoms with van der Waals surface area (Å²) in [6, 6.07) is 22.4. The molecule has 0 bridgehead atoms. The molecule has 0 heterocycles. The summed E-state index contributed by atoms with van der Waals surface area (Å²) in [7, 11) is 0. The molecule has 2 aromatic rings. The van der Waals surface area contributed by atoms with Crippen molar-refractivity contribution in [2.75, 3.05) is 6.54 Å². The van der Waals surface area contributed by atoms with E-state index in [-0.39, 0.29) is 5.54 Å². The molecular formula is C32H51N. The quantitative estimate of drug-likeness (QED) is 0.198. The molecule has 1 heteroatoms. The van der Waals surface area contributed by atoms with Gasteiger partial charge in [-0.2, -0.15) is 0 Å². The molecule has 2 rings (SSSR count). The van der Waals surface area contributed by atoms with Gasteiger partial charge in [-0.3, -0.25) is 0 Å². The predicted molar refractivity (Wildman–Crippen MR) is 147 cm³/mol. The van der Waals surface area contributed by atoms with E-state index in [0.717, 1.165) is 6.54 Å². The molecule has 0 aliphatic carbocycles. The van der Waals surface area contributed by atoms with Crippen molar-refractivity contribution in [2.24, 2.45) is 0 Å². The fourth-order valence-electron chi connectivity index (χ4n) is 5.10. The van der Waals surface area contributed by atoms with Gasteiger partial charge in [-0.1, -0.05) is 164 Å². The smallest absolute Gasteiger partial charge is 0.0690 e. The molecule has 1 nitrogen and oxygen atoms in total. The van der Waals surface area contributed by atoms with Crippen LogP contribution in [0.25, 0.3) is 0 Å². The number of unbranched alkanes of at least 4 members (excludes halogenated alkanes) is 13. The minimum Gasteiger partial charge on any atom is -0.304 e. The summed E-state index contributed by atoms with van der Waals surface area (Å²) in [6.45, 7) is 5.69. The molecule has 184 valence electrons. The first-order valence-corrected chi connectivity index (χ1v) is 14.2. The lowest BCUT2D eigenvalue weighted by atomic mass is 9.78. The lowest BCUT2D eigenvalue weighted by Gasteiger charge is -2.37. The summed E-state index contributed by atoms with van der Waals surface area (Å²) >= 11 is 0. The molecule has 0 atom stereocenters. The van der Waals surface area contributed by atoms with Crippen molar-refractivity contribution in [1.82, 2.24) is 5.32 Å². The molecule has 0 unspecified atom stereocenters. The Bertz CT molecular complexity index is 639. The number of hydrogen-bond acceptors (Lipinski definition) is 1. The van der Waals surface area contributed by atoms with Crippen LogP contribution in [-0.4, -0.2) is 6.54 Å². The largest absolute Gasteiger partial charge is 0.304 e. The maximum atomic E-state index is 4.09. The van der Waals surface area contributed by atoms with Crippen LogP contribution in [0.2, 0.25) is 0 Å². The third kappa shape index (κ3) is 10.5. The highest BCUT2D eigenvalue weighted by molar-refractivity contribution is 5.38. The van der Waals surface area contributed by atoms with E-state index >= 15 is 0 Å². The Labute approximate surface area is 205 Å². The van der Waals surface area contributed by atoms with Crippen LogP contribution in [0.5, 0.6) is 0 Å². The molecule has 33 heavy (non-hydrogen) atoms. The van der Waals surface area contributed by atoms with Gasteiger partial charge in [-0.25, -0.2) is 0 Å². The zero-order valence-corrected chi connectivity index (χ0v) is 21.8. The van der Waals surface area contributed by atoms with Crippen molar-refractivity contribution in [1.29, 1.82) is 0 Å². The van der Waals surface area contributed by atoms with Crippen LogP contribution < -0.4 is 5.32 Å². The van der Waals surface area contributed by atoms with Gasteiger partial charge < -0.3 is 5.32 Å². The molecule has 2 aromatic carbocycles. The van der Waals surface area contributed by atoms with Gasteiger partial charge in [-0.05, 0) is 30.5 Å². The van der Waals surface area contributed by atoms with Gasteiger partial charge in [0.2, 0.25) is 0 Å². The van der Waals surface area contributed by atoms with Crippen LogP contribution >= 0.6 is 0 Å². The highest BCUT2D eigenvalue weighted by Crippen LogP contribution is 2.35. The molecule has 0 aliphatic heterocycles. The maximum absolute atomic E-state index is 4.09. The van der Waals surface area contributed by atoms with Crippen molar-refractivity contribution in [2.45, 2.75) is 122 Å². The van der Waals surface area contributed by atoms with Crippen LogP contribution in [0, 0.1) is 0 Å². The van der Waals surface area contributed by atoms with Crippen molar-refractivity contribution < 1.29 is 0 Å². The number of rotatable bonds is 20. The average Bonchev–Trinajstić information content (AvgIpc) is 2.87. The molecule has 1 N–H and O–H groups in total. The Morgan fingerprint density at radius 1 is 0.485 bits per heavy atom. The summed E-state index contributed by atoms with van der Waals surface area (Å²) < 4.78 is 0. The molecule has 0 amide bonds. The second-order valence-corrected chi connectivity index (χ2v) is 9.91. The zero-order chi connectivity index (χ0) is 23.5. The molecule has 0 radical (unpaired) electrons. The molecule has 0 saturated carbocycles. The average molecular weight is 450 g/mol.